The molecule has 0 radical (unpaired) electrons. The third-order valence-electron chi connectivity index (χ3n) is 3.35. The molecule has 1 aromatic heterocycles. The van der Waals surface area contributed by atoms with Crippen LogP contribution in [0.1, 0.15) is 16.1 Å². The minimum Gasteiger partial charge on any atom is -0.321 e. The summed E-state index contributed by atoms with van der Waals surface area (Å²) < 4.78 is 27.1. The monoisotopic (exact) mass is 435 g/mol. The van der Waals surface area contributed by atoms with Gasteiger partial charge in [-0.25, -0.2) is 18.7 Å². The van der Waals surface area contributed by atoms with Gasteiger partial charge in [-0.05, 0) is 51.8 Å². The molecule has 0 aliphatic carbocycles. The van der Waals surface area contributed by atoms with Crippen LogP contribution in [0.3, 0.4) is 0 Å². The fourth-order valence-electron chi connectivity index (χ4n) is 2.06. The molecule has 0 unspecified atom stereocenters. The number of hydrogen-bond donors (Lipinski definition) is 1. The number of carbonyl (C=O) groups excluding carboxylic acids is 1. The van der Waals surface area contributed by atoms with E-state index in [9.17, 15) is 13.6 Å². The number of benzene rings is 2. The molecule has 1 amide bonds. The molecule has 0 aliphatic heterocycles. The van der Waals surface area contributed by atoms with Crippen LogP contribution in [0.5, 0.6) is 0 Å². The summed E-state index contributed by atoms with van der Waals surface area (Å²) in [4.78, 5) is 20.8. The zero-order chi connectivity index (χ0) is 18.5. The van der Waals surface area contributed by atoms with Crippen LogP contribution in [-0.4, -0.2) is 15.9 Å². The lowest BCUT2D eigenvalue weighted by molar-refractivity contribution is 0.102. The molecule has 0 atom stereocenters. The van der Waals surface area contributed by atoms with Gasteiger partial charge in [-0.15, -0.1) is 0 Å². The number of rotatable bonds is 5. The molecule has 3 rings (SSSR count). The average Bonchev–Trinajstić information content (AvgIpc) is 2.64. The Bertz CT molecular complexity index is 938. The number of nitrogens with zero attached hydrogens (tertiary/aromatic N) is 2. The second-order valence-corrected chi connectivity index (χ2v) is 6.99. The first-order chi connectivity index (χ1) is 12.5. The standard InChI is InChI=1S/C18H12BrF2N3OS/c19-14-9-22-18(26-10-11-3-1-2-4-15(11)21)24-16(14)17(25)23-13-7-5-12(20)6-8-13/h1-9H,10H2,(H,23,25). The van der Waals surface area contributed by atoms with E-state index in [1.54, 1.807) is 18.2 Å². The molecule has 4 nitrogen and oxygen atoms in total. The van der Waals surface area contributed by atoms with Gasteiger partial charge in [0.1, 0.15) is 17.3 Å². The van der Waals surface area contributed by atoms with Crippen molar-refractivity contribution in [2.75, 3.05) is 5.32 Å². The summed E-state index contributed by atoms with van der Waals surface area (Å²) in [5, 5.41) is 2.99. The van der Waals surface area contributed by atoms with Crippen LogP contribution in [0.15, 0.2) is 64.4 Å². The van der Waals surface area contributed by atoms with Crippen LogP contribution < -0.4 is 5.32 Å². The number of aromatic nitrogens is 2. The molecule has 26 heavy (non-hydrogen) atoms. The number of thioether (sulfide) groups is 1. The van der Waals surface area contributed by atoms with Crippen LogP contribution in [0.2, 0.25) is 0 Å². The van der Waals surface area contributed by atoms with Crippen LogP contribution in [0.4, 0.5) is 14.5 Å². The van der Waals surface area contributed by atoms with Crippen molar-refractivity contribution in [3.63, 3.8) is 0 Å². The van der Waals surface area contributed by atoms with Gasteiger partial charge in [0.15, 0.2) is 5.16 Å². The molecule has 0 saturated carbocycles. The molecule has 3 aromatic rings. The van der Waals surface area contributed by atoms with Gasteiger partial charge in [0.25, 0.3) is 5.91 Å². The first kappa shape index (κ1) is 18.5. The number of halogens is 3. The summed E-state index contributed by atoms with van der Waals surface area (Å²) in [5.41, 5.74) is 1.11. The predicted octanol–water partition coefficient (Wildman–Crippen LogP) is 5.06. The van der Waals surface area contributed by atoms with Crippen LogP contribution >= 0.6 is 27.7 Å². The number of anilines is 1. The van der Waals surface area contributed by atoms with Gasteiger partial charge < -0.3 is 5.32 Å². The van der Waals surface area contributed by atoms with Gasteiger partial charge in [-0.3, -0.25) is 4.79 Å². The Kier molecular flexibility index (Phi) is 5.95. The minimum absolute atomic E-state index is 0.139. The first-order valence-electron chi connectivity index (χ1n) is 7.48. The Morgan fingerprint density at radius 3 is 2.58 bits per heavy atom. The summed E-state index contributed by atoms with van der Waals surface area (Å²) in [6, 6.07) is 11.9. The molecule has 0 spiro atoms. The van der Waals surface area contributed by atoms with Crippen molar-refractivity contribution in [2.45, 2.75) is 10.9 Å². The van der Waals surface area contributed by atoms with Crippen molar-refractivity contribution >= 4 is 39.3 Å². The van der Waals surface area contributed by atoms with E-state index in [1.807, 2.05) is 0 Å². The van der Waals surface area contributed by atoms with E-state index in [0.29, 0.717) is 26.6 Å². The second kappa shape index (κ2) is 8.37. The molecule has 0 fully saturated rings. The van der Waals surface area contributed by atoms with E-state index < -0.39 is 11.7 Å². The lowest BCUT2D eigenvalue weighted by Gasteiger charge is -2.08. The number of nitrogens with one attached hydrogen (secondary N) is 1. The molecule has 0 saturated heterocycles. The van der Waals surface area contributed by atoms with E-state index >= 15 is 0 Å². The van der Waals surface area contributed by atoms with E-state index in [2.05, 4.69) is 31.2 Å². The Morgan fingerprint density at radius 1 is 1.12 bits per heavy atom. The summed E-state index contributed by atoms with van der Waals surface area (Å²) in [5.74, 6) is -0.809. The van der Waals surface area contributed by atoms with Crippen molar-refractivity contribution in [3.8, 4) is 0 Å². The quantitative estimate of drug-likeness (QED) is 0.449. The molecule has 132 valence electrons. The summed E-state index contributed by atoms with van der Waals surface area (Å²) in [7, 11) is 0. The maximum Gasteiger partial charge on any atom is 0.275 e. The van der Waals surface area contributed by atoms with Gasteiger partial charge in [-0.2, -0.15) is 0 Å². The largest absolute Gasteiger partial charge is 0.321 e. The number of hydrogen-bond acceptors (Lipinski definition) is 4. The molecule has 2 aromatic carbocycles. The zero-order valence-corrected chi connectivity index (χ0v) is 15.7. The minimum atomic E-state index is -0.460. The van der Waals surface area contributed by atoms with Crippen LogP contribution in [-0.2, 0) is 5.75 Å². The predicted molar refractivity (Wildman–Crippen MR) is 100 cm³/mol. The summed E-state index contributed by atoms with van der Waals surface area (Å²) >= 11 is 4.47. The Morgan fingerprint density at radius 2 is 1.85 bits per heavy atom. The number of amides is 1. The Hall–Kier alpha value is -2.32. The van der Waals surface area contributed by atoms with E-state index in [1.165, 1.54) is 48.3 Å². The van der Waals surface area contributed by atoms with Gasteiger partial charge >= 0.3 is 0 Å². The second-order valence-electron chi connectivity index (χ2n) is 5.19. The first-order valence-corrected chi connectivity index (χ1v) is 9.26. The van der Waals surface area contributed by atoms with Crippen molar-refractivity contribution in [3.05, 3.63) is 82.1 Å². The third kappa shape index (κ3) is 4.64. The van der Waals surface area contributed by atoms with Gasteiger partial charge in [0.05, 0.1) is 4.47 Å². The maximum atomic E-state index is 13.7. The van der Waals surface area contributed by atoms with E-state index in [4.69, 9.17) is 0 Å². The Labute approximate surface area is 161 Å². The van der Waals surface area contributed by atoms with Crippen LogP contribution in [0.25, 0.3) is 0 Å². The van der Waals surface area contributed by atoms with Crippen molar-refractivity contribution in [2.24, 2.45) is 0 Å². The van der Waals surface area contributed by atoms with Gasteiger partial charge in [-0.1, -0.05) is 30.0 Å². The highest BCUT2D eigenvalue weighted by Crippen LogP contribution is 2.24. The fourth-order valence-corrected chi connectivity index (χ4v) is 3.23. The Balaban J connectivity index is 1.73. The fraction of sp³-hybridized carbons (Fsp3) is 0.0556. The maximum absolute atomic E-state index is 13.7. The van der Waals surface area contributed by atoms with Gasteiger partial charge in [0.2, 0.25) is 0 Å². The molecule has 0 bridgehead atoms. The smallest absolute Gasteiger partial charge is 0.275 e. The molecular formula is C18H12BrF2N3OS. The normalized spacial score (nSPS) is 10.6. The van der Waals surface area contributed by atoms with Crippen molar-refractivity contribution in [1.29, 1.82) is 0 Å². The molecular weight excluding hydrogens is 424 g/mol. The highest BCUT2D eigenvalue weighted by molar-refractivity contribution is 9.10. The van der Waals surface area contributed by atoms with Gasteiger partial charge in [0, 0.05) is 17.6 Å². The van der Waals surface area contributed by atoms with E-state index in [0.717, 1.165) is 0 Å². The summed E-state index contributed by atoms with van der Waals surface area (Å²) in [6.45, 7) is 0. The SMILES string of the molecule is O=C(Nc1ccc(F)cc1)c1nc(SCc2ccccc2F)ncc1Br. The zero-order valence-electron chi connectivity index (χ0n) is 13.2. The number of carbonyl (C=O) groups is 1. The third-order valence-corrected chi connectivity index (χ3v) is 4.84. The highest BCUT2D eigenvalue weighted by atomic mass is 79.9. The van der Waals surface area contributed by atoms with Crippen LogP contribution in [0, 0.1) is 11.6 Å². The van der Waals surface area contributed by atoms with E-state index in [-0.39, 0.29) is 11.5 Å². The molecule has 8 heteroatoms. The molecule has 1 N–H and O–H groups in total. The van der Waals surface area contributed by atoms with Crippen molar-refractivity contribution in [1.82, 2.24) is 9.97 Å². The summed E-state index contributed by atoms with van der Waals surface area (Å²) in [6.07, 6.45) is 1.47. The average molecular weight is 436 g/mol. The topological polar surface area (TPSA) is 54.9 Å². The highest BCUT2D eigenvalue weighted by Gasteiger charge is 2.15. The van der Waals surface area contributed by atoms with Crippen molar-refractivity contribution < 1.29 is 13.6 Å². The molecule has 0 aliphatic rings. The molecule has 1 heterocycles. The lowest BCUT2D eigenvalue weighted by Crippen LogP contribution is -2.15. The lowest BCUT2D eigenvalue weighted by atomic mass is 10.2.